The highest BCUT2D eigenvalue weighted by atomic mass is 16.2. The van der Waals surface area contributed by atoms with E-state index in [1.165, 1.54) is 11.3 Å². The van der Waals surface area contributed by atoms with E-state index in [4.69, 9.17) is 0 Å². The minimum absolute atomic E-state index is 0.105. The molecule has 6 heteroatoms. The Labute approximate surface area is 167 Å². The molecule has 0 radical (unpaired) electrons. The molecule has 2 aromatic rings. The Balaban J connectivity index is 1.29. The van der Waals surface area contributed by atoms with Gasteiger partial charge in [-0.25, -0.2) is 0 Å². The maximum absolute atomic E-state index is 13.2. The van der Waals surface area contributed by atoms with Crippen molar-refractivity contribution in [2.75, 3.05) is 38.1 Å². The molecule has 1 amide bonds. The smallest absolute Gasteiger partial charge is 0.244 e. The average Bonchev–Trinajstić information content (AvgIpc) is 3.41. The third-order valence-electron chi connectivity index (χ3n) is 6.40. The second-order valence-corrected chi connectivity index (χ2v) is 8.04. The van der Waals surface area contributed by atoms with Gasteiger partial charge in [0.25, 0.3) is 0 Å². The Morgan fingerprint density at radius 1 is 1.18 bits per heavy atom. The molecule has 0 spiro atoms. The van der Waals surface area contributed by atoms with E-state index < -0.39 is 0 Å². The predicted molar refractivity (Wildman–Crippen MR) is 111 cm³/mol. The first-order chi connectivity index (χ1) is 13.6. The van der Waals surface area contributed by atoms with Crippen LogP contribution in [-0.2, 0) is 17.8 Å². The number of aromatic nitrogens is 2. The van der Waals surface area contributed by atoms with Crippen LogP contribution in [0.5, 0.6) is 0 Å². The van der Waals surface area contributed by atoms with Crippen molar-refractivity contribution in [1.82, 2.24) is 19.6 Å². The molecule has 1 aromatic heterocycles. The Morgan fingerprint density at radius 3 is 2.71 bits per heavy atom. The normalized spacial score (nSPS) is 18.9. The summed E-state index contributed by atoms with van der Waals surface area (Å²) in [4.78, 5) is 19.9. The first kappa shape index (κ1) is 19.0. The summed E-state index contributed by atoms with van der Waals surface area (Å²) in [6.45, 7) is 7.03. The fourth-order valence-corrected chi connectivity index (χ4v) is 4.58. The maximum atomic E-state index is 13.2. The van der Waals surface area contributed by atoms with Crippen LogP contribution in [0.3, 0.4) is 0 Å². The lowest BCUT2D eigenvalue weighted by atomic mass is 10.0. The molecule has 28 heavy (non-hydrogen) atoms. The van der Waals surface area contributed by atoms with Crippen molar-refractivity contribution in [3.05, 3.63) is 48.3 Å². The van der Waals surface area contributed by atoms with Gasteiger partial charge in [0.1, 0.15) is 6.04 Å². The van der Waals surface area contributed by atoms with Gasteiger partial charge in [0, 0.05) is 57.3 Å². The number of piperidine rings is 1. The number of nitrogens with zero attached hydrogens (tertiary/aromatic N) is 5. The predicted octanol–water partition coefficient (Wildman–Crippen LogP) is 2.26. The quantitative estimate of drug-likeness (QED) is 0.770. The zero-order valence-electron chi connectivity index (χ0n) is 17.0. The number of likely N-dealkylation sites (tertiary alicyclic amines) is 1. The summed E-state index contributed by atoms with van der Waals surface area (Å²) in [6.07, 6.45) is 6.96. The van der Waals surface area contributed by atoms with E-state index in [2.05, 4.69) is 46.1 Å². The van der Waals surface area contributed by atoms with Crippen molar-refractivity contribution in [3.63, 3.8) is 0 Å². The van der Waals surface area contributed by atoms with E-state index in [0.717, 1.165) is 52.0 Å². The first-order valence-corrected chi connectivity index (χ1v) is 10.4. The number of carbonyl (C=O) groups excluding carboxylic acids is 1. The number of carbonyl (C=O) groups is 1. The molecule has 1 unspecified atom stereocenters. The molecule has 1 saturated heterocycles. The number of benzene rings is 1. The highest BCUT2D eigenvalue weighted by Gasteiger charge is 2.32. The van der Waals surface area contributed by atoms with Crippen LogP contribution < -0.4 is 4.90 Å². The molecule has 0 N–H and O–H groups in total. The summed E-state index contributed by atoms with van der Waals surface area (Å²) in [6, 6.07) is 10.7. The summed E-state index contributed by atoms with van der Waals surface area (Å²) in [7, 11) is 1.99. The van der Waals surface area contributed by atoms with E-state index in [1.807, 2.05) is 35.1 Å². The Bertz CT molecular complexity index is 782. The largest absolute Gasteiger partial charge is 0.359 e. The molecule has 3 heterocycles. The second-order valence-electron chi connectivity index (χ2n) is 8.04. The van der Waals surface area contributed by atoms with E-state index in [-0.39, 0.29) is 11.9 Å². The molecule has 2 aliphatic heterocycles. The van der Waals surface area contributed by atoms with Crippen LogP contribution in [0.4, 0.5) is 5.69 Å². The monoisotopic (exact) mass is 381 g/mol. The van der Waals surface area contributed by atoms with Crippen molar-refractivity contribution >= 4 is 11.6 Å². The van der Waals surface area contributed by atoms with E-state index in [1.54, 1.807) is 0 Å². The fourth-order valence-electron chi connectivity index (χ4n) is 4.58. The summed E-state index contributed by atoms with van der Waals surface area (Å²) < 4.78 is 1.98. The van der Waals surface area contributed by atoms with Gasteiger partial charge in [0.05, 0.1) is 6.54 Å². The van der Waals surface area contributed by atoms with Crippen LogP contribution in [0, 0.1) is 0 Å². The molecular formula is C22H31N5O. The third-order valence-corrected chi connectivity index (χ3v) is 6.40. The highest BCUT2D eigenvalue weighted by Crippen LogP contribution is 2.30. The zero-order valence-corrected chi connectivity index (χ0v) is 17.0. The van der Waals surface area contributed by atoms with Crippen LogP contribution in [0.15, 0.2) is 42.7 Å². The van der Waals surface area contributed by atoms with Crippen molar-refractivity contribution in [3.8, 4) is 0 Å². The van der Waals surface area contributed by atoms with Crippen LogP contribution in [-0.4, -0.2) is 70.8 Å². The zero-order chi connectivity index (χ0) is 19.5. The van der Waals surface area contributed by atoms with Gasteiger partial charge < -0.3 is 14.7 Å². The number of anilines is 1. The topological polar surface area (TPSA) is 44.6 Å². The lowest BCUT2D eigenvalue weighted by molar-refractivity contribution is -0.133. The van der Waals surface area contributed by atoms with Crippen LogP contribution in [0.2, 0.25) is 0 Å². The van der Waals surface area contributed by atoms with E-state index >= 15 is 0 Å². The first-order valence-electron chi connectivity index (χ1n) is 10.4. The average molecular weight is 382 g/mol. The molecule has 1 fully saturated rings. The maximum Gasteiger partial charge on any atom is 0.244 e. The van der Waals surface area contributed by atoms with E-state index in [0.29, 0.717) is 6.04 Å². The summed E-state index contributed by atoms with van der Waals surface area (Å²) in [5.41, 5.74) is 2.58. The van der Waals surface area contributed by atoms with Gasteiger partial charge in [-0.1, -0.05) is 18.2 Å². The minimum atomic E-state index is -0.105. The second kappa shape index (κ2) is 8.35. The lowest BCUT2D eigenvalue weighted by Crippen LogP contribution is -2.52. The van der Waals surface area contributed by atoms with E-state index in [9.17, 15) is 4.79 Å². The number of fused-ring (bicyclic) bond motifs is 1. The Kier molecular flexibility index (Phi) is 5.67. The van der Waals surface area contributed by atoms with Gasteiger partial charge in [0.2, 0.25) is 5.91 Å². The molecular weight excluding hydrogens is 350 g/mol. The summed E-state index contributed by atoms with van der Waals surface area (Å²) >= 11 is 0. The van der Waals surface area contributed by atoms with Gasteiger partial charge in [0.15, 0.2) is 0 Å². The van der Waals surface area contributed by atoms with Crippen LogP contribution in [0.1, 0.15) is 25.3 Å². The molecule has 0 aliphatic carbocycles. The molecule has 0 saturated carbocycles. The Hall–Kier alpha value is -2.34. The molecule has 150 valence electrons. The number of hydrogen-bond acceptors (Lipinski definition) is 4. The Morgan fingerprint density at radius 2 is 1.96 bits per heavy atom. The number of para-hydroxylation sites is 1. The molecule has 6 nitrogen and oxygen atoms in total. The molecule has 1 atom stereocenters. The number of rotatable bonds is 6. The van der Waals surface area contributed by atoms with Gasteiger partial charge in [-0.05, 0) is 43.9 Å². The van der Waals surface area contributed by atoms with Crippen LogP contribution in [0.25, 0.3) is 0 Å². The van der Waals surface area contributed by atoms with Gasteiger partial charge in [-0.15, -0.1) is 0 Å². The number of amides is 1. The number of hydrogen-bond donors (Lipinski definition) is 0. The molecule has 2 aliphatic rings. The summed E-state index contributed by atoms with van der Waals surface area (Å²) in [5, 5.41) is 4.27. The van der Waals surface area contributed by atoms with Gasteiger partial charge >= 0.3 is 0 Å². The highest BCUT2D eigenvalue weighted by molar-refractivity contribution is 5.86. The van der Waals surface area contributed by atoms with Gasteiger partial charge in [-0.2, -0.15) is 5.10 Å². The third kappa shape index (κ3) is 3.92. The van der Waals surface area contributed by atoms with Crippen molar-refractivity contribution in [2.24, 2.45) is 0 Å². The lowest BCUT2D eigenvalue weighted by Gasteiger charge is -2.39. The van der Waals surface area contributed by atoms with Crippen molar-refractivity contribution in [1.29, 1.82) is 0 Å². The van der Waals surface area contributed by atoms with Crippen molar-refractivity contribution in [2.45, 2.75) is 44.8 Å². The molecule has 1 aromatic carbocycles. The fraction of sp³-hybridized carbons (Fsp3) is 0.545. The van der Waals surface area contributed by atoms with Gasteiger partial charge in [-0.3, -0.25) is 9.48 Å². The molecule has 4 rings (SSSR count). The number of likely N-dealkylation sites (N-methyl/N-ethyl adjacent to an activating group) is 1. The minimum Gasteiger partial charge on any atom is -0.359 e. The standard InChI is InChI=1S/C22H31N5O/c1-18(27-15-8-19-6-3-4-7-21(19)27)22(28)24(2)20-9-13-25(14-10-20)16-17-26-12-5-11-23-26/h3-7,11-12,18,20H,8-10,13-17H2,1-2H3. The van der Waals surface area contributed by atoms with Crippen molar-refractivity contribution < 1.29 is 4.79 Å². The molecule has 0 bridgehead atoms. The SMILES string of the molecule is CC(C(=O)N(C)C1CCN(CCn2cccn2)CC1)N1CCc2ccccc21. The van der Waals surface area contributed by atoms with Crippen LogP contribution >= 0.6 is 0 Å². The summed E-state index contributed by atoms with van der Waals surface area (Å²) in [5.74, 6) is 0.242.